The minimum atomic E-state index is 0.129. The Morgan fingerprint density at radius 1 is 0.625 bits per heavy atom. The quantitative estimate of drug-likeness (QED) is 0.436. The Hall–Kier alpha value is -3.75. The van der Waals surface area contributed by atoms with Gasteiger partial charge in [-0.15, -0.1) is 0 Å². The fraction of sp³-hybridized carbons (Fsp3) is 0.100. The lowest BCUT2D eigenvalue weighted by molar-refractivity contribution is -0.113. The van der Waals surface area contributed by atoms with Gasteiger partial charge in [-0.1, -0.05) is 127 Å². The lowest BCUT2D eigenvalue weighted by Crippen LogP contribution is -2.37. The van der Waals surface area contributed by atoms with Crippen molar-refractivity contribution in [3.05, 3.63) is 143 Å². The Morgan fingerprint density at radius 3 is 1.53 bits per heavy atom. The van der Waals surface area contributed by atoms with Gasteiger partial charge in [-0.2, -0.15) is 0 Å². The van der Waals surface area contributed by atoms with E-state index in [-0.39, 0.29) is 5.78 Å². The van der Waals surface area contributed by atoms with Crippen molar-refractivity contribution < 1.29 is 4.79 Å². The molecule has 32 heavy (non-hydrogen) atoms. The van der Waals surface area contributed by atoms with Gasteiger partial charge in [0.25, 0.3) is 0 Å². The Bertz CT molecular complexity index is 1070. The van der Waals surface area contributed by atoms with Gasteiger partial charge in [0.2, 0.25) is 0 Å². The molecule has 3 aromatic rings. The summed E-state index contributed by atoms with van der Waals surface area (Å²) in [4.78, 5) is 15.5. The van der Waals surface area contributed by atoms with Gasteiger partial charge in [-0.3, -0.25) is 9.69 Å². The van der Waals surface area contributed by atoms with E-state index >= 15 is 0 Å². The summed E-state index contributed by atoms with van der Waals surface area (Å²) in [6, 6.07) is 30.7. The second-order valence-corrected chi connectivity index (χ2v) is 7.88. The third kappa shape index (κ3) is 6.13. The SMILES string of the molecule is O=C1/C(=C\C=C\c2ccccc2)CN(Cc2ccccc2)C/C1=C\C=C\c1ccccc1. The molecule has 1 fully saturated rings. The van der Waals surface area contributed by atoms with Crippen molar-refractivity contribution >= 4 is 17.9 Å². The Balaban J connectivity index is 1.56. The van der Waals surface area contributed by atoms with Gasteiger partial charge in [0.15, 0.2) is 5.78 Å². The largest absolute Gasteiger partial charge is 0.290 e. The number of rotatable bonds is 6. The molecular formula is C30H27NO. The molecule has 2 heteroatoms. The second-order valence-electron chi connectivity index (χ2n) is 7.88. The predicted molar refractivity (Wildman–Crippen MR) is 134 cm³/mol. The summed E-state index contributed by atoms with van der Waals surface area (Å²) in [5.74, 6) is 0.129. The summed E-state index contributed by atoms with van der Waals surface area (Å²) in [5, 5.41) is 0. The molecule has 0 aliphatic carbocycles. The normalized spacial score (nSPS) is 17.7. The number of ketones is 1. The van der Waals surface area contributed by atoms with Crippen LogP contribution >= 0.6 is 0 Å². The maximum Gasteiger partial charge on any atom is 0.187 e. The van der Waals surface area contributed by atoms with Crippen molar-refractivity contribution in [2.75, 3.05) is 13.1 Å². The maximum atomic E-state index is 13.2. The monoisotopic (exact) mass is 417 g/mol. The maximum absolute atomic E-state index is 13.2. The van der Waals surface area contributed by atoms with Gasteiger partial charge >= 0.3 is 0 Å². The van der Waals surface area contributed by atoms with Crippen LogP contribution in [0.3, 0.4) is 0 Å². The lowest BCUT2D eigenvalue weighted by atomic mass is 9.96. The first-order valence-electron chi connectivity index (χ1n) is 10.9. The smallest absolute Gasteiger partial charge is 0.187 e. The van der Waals surface area contributed by atoms with Crippen molar-refractivity contribution in [3.8, 4) is 0 Å². The molecule has 0 atom stereocenters. The molecule has 1 heterocycles. The third-order valence-electron chi connectivity index (χ3n) is 5.39. The highest BCUT2D eigenvalue weighted by atomic mass is 16.1. The van der Waals surface area contributed by atoms with Crippen LogP contribution in [0.5, 0.6) is 0 Å². The topological polar surface area (TPSA) is 20.3 Å². The summed E-state index contributed by atoms with van der Waals surface area (Å²) >= 11 is 0. The molecule has 0 saturated carbocycles. The van der Waals surface area contributed by atoms with Crippen molar-refractivity contribution in [3.63, 3.8) is 0 Å². The predicted octanol–water partition coefficient (Wildman–Crippen LogP) is 6.35. The van der Waals surface area contributed by atoms with Crippen LogP contribution in [-0.2, 0) is 11.3 Å². The summed E-state index contributed by atoms with van der Waals surface area (Å²) in [6.07, 6.45) is 11.9. The molecule has 0 radical (unpaired) electrons. The molecular weight excluding hydrogens is 390 g/mol. The van der Waals surface area contributed by atoms with Crippen LogP contribution in [0.4, 0.5) is 0 Å². The highest BCUT2D eigenvalue weighted by Crippen LogP contribution is 2.20. The van der Waals surface area contributed by atoms with E-state index in [2.05, 4.69) is 53.4 Å². The number of Topliss-reactive ketones (excluding diaryl/α,β-unsaturated/α-hetero) is 1. The van der Waals surface area contributed by atoms with E-state index < -0.39 is 0 Å². The van der Waals surface area contributed by atoms with Gasteiger partial charge in [-0.05, 0) is 16.7 Å². The number of hydrogen-bond acceptors (Lipinski definition) is 2. The van der Waals surface area contributed by atoms with Crippen LogP contribution in [0.1, 0.15) is 16.7 Å². The zero-order valence-corrected chi connectivity index (χ0v) is 18.1. The van der Waals surface area contributed by atoms with Crippen LogP contribution in [0, 0.1) is 0 Å². The fourth-order valence-corrected chi connectivity index (χ4v) is 3.78. The summed E-state index contributed by atoms with van der Waals surface area (Å²) in [7, 11) is 0. The number of carbonyl (C=O) groups is 1. The second kappa shape index (κ2) is 11.0. The average molecular weight is 418 g/mol. The molecule has 1 aliphatic heterocycles. The van der Waals surface area contributed by atoms with E-state index in [1.165, 1.54) is 5.56 Å². The molecule has 1 saturated heterocycles. The highest BCUT2D eigenvalue weighted by molar-refractivity contribution is 6.10. The van der Waals surface area contributed by atoms with Crippen molar-refractivity contribution in [2.45, 2.75) is 6.54 Å². The van der Waals surface area contributed by atoms with E-state index in [1.807, 2.05) is 78.9 Å². The van der Waals surface area contributed by atoms with Crippen molar-refractivity contribution in [1.29, 1.82) is 0 Å². The van der Waals surface area contributed by atoms with Crippen LogP contribution in [0.25, 0.3) is 12.2 Å². The average Bonchev–Trinajstić information content (AvgIpc) is 2.84. The van der Waals surface area contributed by atoms with Crippen LogP contribution in [0.15, 0.2) is 126 Å². The summed E-state index contributed by atoms with van der Waals surface area (Å²) < 4.78 is 0. The molecule has 158 valence electrons. The highest BCUT2D eigenvalue weighted by Gasteiger charge is 2.25. The third-order valence-corrected chi connectivity index (χ3v) is 5.39. The van der Waals surface area contributed by atoms with Crippen LogP contribution < -0.4 is 0 Å². The number of benzene rings is 3. The standard InChI is InChI=1S/C30H27NO/c32-30-28(20-10-18-25-12-4-1-5-13-25)23-31(22-27-16-8-3-9-17-27)24-29(30)21-11-19-26-14-6-2-7-15-26/h1-21H,22-24H2/b18-10+,19-11+,28-20-,29-21+. The van der Waals surface area contributed by atoms with Gasteiger partial charge in [0.1, 0.15) is 0 Å². The van der Waals surface area contributed by atoms with Crippen molar-refractivity contribution in [1.82, 2.24) is 4.90 Å². The number of carbonyl (C=O) groups excluding carboxylic acids is 1. The molecule has 3 aromatic carbocycles. The first kappa shape index (κ1) is 21.5. The molecule has 4 rings (SSSR count). The summed E-state index contributed by atoms with van der Waals surface area (Å²) in [5.41, 5.74) is 5.13. The molecule has 0 N–H and O–H groups in total. The van der Waals surface area contributed by atoms with Gasteiger partial charge in [-0.25, -0.2) is 0 Å². The Labute approximate surface area is 190 Å². The number of hydrogen-bond donors (Lipinski definition) is 0. The first-order valence-corrected chi connectivity index (χ1v) is 10.9. The van der Waals surface area contributed by atoms with Crippen LogP contribution in [-0.4, -0.2) is 23.8 Å². The number of piperidine rings is 1. The zero-order chi connectivity index (χ0) is 22.0. The zero-order valence-electron chi connectivity index (χ0n) is 18.1. The molecule has 0 bridgehead atoms. The number of likely N-dealkylation sites (tertiary alicyclic amines) is 1. The van der Waals surface area contributed by atoms with Gasteiger partial charge in [0, 0.05) is 30.8 Å². The Morgan fingerprint density at radius 2 is 1.06 bits per heavy atom. The molecule has 0 unspecified atom stereocenters. The van der Waals surface area contributed by atoms with Gasteiger partial charge in [0.05, 0.1) is 0 Å². The minimum Gasteiger partial charge on any atom is -0.290 e. The van der Waals surface area contributed by atoms with E-state index in [0.29, 0.717) is 13.1 Å². The number of nitrogens with zero attached hydrogens (tertiary/aromatic N) is 1. The minimum absolute atomic E-state index is 0.129. The van der Waals surface area contributed by atoms with Gasteiger partial charge < -0.3 is 0 Å². The van der Waals surface area contributed by atoms with Crippen molar-refractivity contribution in [2.24, 2.45) is 0 Å². The lowest BCUT2D eigenvalue weighted by Gasteiger charge is -2.29. The van der Waals surface area contributed by atoms with Crippen LogP contribution in [0.2, 0.25) is 0 Å². The summed E-state index contributed by atoms with van der Waals surface area (Å²) in [6.45, 7) is 2.10. The molecule has 1 aliphatic rings. The molecule has 0 amide bonds. The fourth-order valence-electron chi connectivity index (χ4n) is 3.78. The van der Waals surface area contributed by atoms with E-state index in [0.717, 1.165) is 28.8 Å². The molecule has 2 nitrogen and oxygen atoms in total. The number of allylic oxidation sites excluding steroid dienone is 4. The van der Waals surface area contributed by atoms with E-state index in [9.17, 15) is 4.79 Å². The first-order chi connectivity index (χ1) is 15.8. The van der Waals surface area contributed by atoms with E-state index in [4.69, 9.17) is 0 Å². The van der Waals surface area contributed by atoms with E-state index in [1.54, 1.807) is 0 Å². The Kier molecular flexibility index (Phi) is 7.41. The molecule has 0 aromatic heterocycles. The molecule has 0 spiro atoms.